The lowest BCUT2D eigenvalue weighted by Crippen LogP contribution is -2.35. The summed E-state index contributed by atoms with van der Waals surface area (Å²) in [6, 6.07) is 12.8. The molecule has 25 heavy (non-hydrogen) atoms. The number of methoxy groups -OCH3 is 2. The summed E-state index contributed by atoms with van der Waals surface area (Å²) in [4.78, 5) is 12.3. The Balaban J connectivity index is 1.61. The van der Waals surface area contributed by atoms with E-state index >= 15 is 0 Å². The maximum Gasteiger partial charge on any atom is 0.319 e. The Morgan fingerprint density at radius 2 is 1.84 bits per heavy atom. The Hall–Kier alpha value is -2.40. The Bertz CT molecular complexity index is 758. The van der Waals surface area contributed by atoms with Crippen molar-refractivity contribution >= 4 is 23.3 Å². The smallest absolute Gasteiger partial charge is 0.319 e. The molecule has 2 N–H and O–H groups in total. The van der Waals surface area contributed by atoms with Crippen molar-refractivity contribution in [3.63, 3.8) is 0 Å². The second-order valence-corrected chi connectivity index (χ2v) is 6.60. The van der Waals surface area contributed by atoms with E-state index in [4.69, 9.17) is 21.1 Å². The van der Waals surface area contributed by atoms with Crippen LogP contribution in [0.3, 0.4) is 0 Å². The first-order chi connectivity index (χ1) is 12.1. The first-order valence-electron chi connectivity index (χ1n) is 8.09. The number of hydrogen-bond acceptors (Lipinski definition) is 3. The highest BCUT2D eigenvalue weighted by Crippen LogP contribution is 2.47. The minimum atomic E-state index is -0.277. The Morgan fingerprint density at radius 3 is 2.44 bits per heavy atom. The normalized spacial score (nSPS) is 14.5. The fraction of sp³-hybridized carbons (Fsp3) is 0.316. The molecular formula is C19H21ClN2O3. The van der Waals surface area contributed by atoms with Crippen molar-refractivity contribution in [2.45, 2.75) is 18.3 Å². The summed E-state index contributed by atoms with van der Waals surface area (Å²) < 4.78 is 10.4. The van der Waals surface area contributed by atoms with Gasteiger partial charge in [-0.05, 0) is 48.7 Å². The first kappa shape index (κ1) is 17.4. The zero-order valence-corrected chi connectivity index (χ0v) is 15.0. The number of halogens is 1. The van der Waals surface area contributed by atoms with Crippen molar-refractivity contribution < 1.29 is 14.3 Å². The number of amides is 2. The van der Waals surface area contributed by atoms with Crippen molar-refractivity contribution in [3.8, 4) is 11.5 Å². The highest BCUT2D eigenvalue weighted by molar-refractivity contribution is 6.31. The number of urea groups is 1. The molecule has 1 aliphatic rings. The predicted molar refractivity (Wildman–Crippen MR) is 98.9 cm³/mol. The Labute approximate surface area is 152 Å². The third kappa shape index (κ3) is 3.99. The highest BCUT2D eigenvalue weighted by Gasteiger charge is 2.44. The maximum absolute atomic E-state index is 12.3. The van der Waals surface area contributed by atoms with E-state index in [0.29, 0.717) is 23.0 Å². The minimum absolute atomic E-state index is 0.0159. The lowest BCUT2D eigenvalue weighted by Gasteiger charge is -2.18. The van der Waals surface area contributed by atoms with E-state index in [-0.39, 0.29) is 11.4 Å². The molecule has 132 valence electrons. The summed E-state index contributed by atoms with van der Waals surface area (Å²) >= 11 is 5.98. The molecule has 2 amide bonds. The number of hydrogen-bond donors (Lipinski definition) is 2. The molecule has 6 heteroatoms. The molecule has 0 spiro atoms. The molecule has 0 bridgehead atoms. The van der Waals surface area contributed by atoms with Crippen molar-refractivity contribution in [2.24, 2.45) is 0 Å². The molecule has 1 saturated carbocycles. The molecule has 5 nitrogen and oxygen atoms in total. The summed E-state index contributed by atoms with van der Waals surface area (Å²) in [7, 11) is 3.20. The second kappa shape index (κ2) is 7.23. The van der Waals surface area contributed by atoms with Crippen LogP contribution in [0.15, 0.2) is 42.5 Å². The van der Waals surface area contributed by atoms with Crippen LogP contribution in [0.5, 0.6) is 11.5 Å². The van der Waals surface area contributed by atoms with E-state index in [1.807, 2.05) is 12.1 Å². The van der Waals surface area contributed by atoms with E-state index < -0.39 is 0 Å². The van der Waals surface area contributed by atoms with E-state index in [9.17, 15) is 4.79 Å². The number of carbonyl (C=O) groups excluding carboxylic acids is 1. The molecular weight excluding hydrogens is 340 g/mol. The number of nitrogens with one attached hydrogen (secondary N) is 2. The standard InChI is InChI=1S/C19H21ClN2O3/c1-24-15-6-3-13(4-7-15)19(9-10-19)12-21-18(23)22-16-11-14(20)5-8-17(16)25-2/h3-8,11H,9-10,12H2,1-2H3,(H2,21,22,23). The van der Waals surface area contributed by atoms with Gasteiger partial charge in [-0.15, -0.1) is 0 Å². The molecule has 0 saturated heterocycles. The van der Waals surface area contributed by atoms with E-state index in [2.05, 4.69) is 22.8 Å². The van der Waals surface area contributed by atoms with E-state index in [1.54, 1.807) is 32.4 Å². The van der Waals surface area contributed by atoms with Crippen LogP contribution in [-0.2, 0) is 5.41 Å². The molecule has 0 unspecified atom stereocenters. The molecule has 1 fully saturated rings. The van der Waals surface area contributed by atoms with Crippen LogP contribution in [0.2, 0.25) is 5.02 Å². The molecule has 2 aromatic carbocycles. The largest absolute Gasteiger partial charge is 0.497 e. The molecule has 0 aliphatic heterocycles. The van der Waals surface area contributed by atoms with Crippen molar-refractivity contribution in [2.75, 3.05) is 26.1 Å². The van der Waals surface area contributed by atoms with Gasteiger partial charge in [0.1, 0.15) is 11.5 Å². The van der Waals surface area contributed by atoms with Gasteiger partial charge in [0.2, 0.25) is 0 Å². The van der Waals surface area contributed by atoms with Crippen LogP contribution in [-0.4, -0.2) is 26.8 Å². The summed E-state index contributed by atoms with van der Waals surface area (Å²) in [6.07, 6.45) is 2.11. The Kier molecular flexibility index (Phi) is 5.04. The maximum atomic E-state index is 12.3. The van der Waals surface area contributed by atoms with Gasteiger partial charge < -0.3 is 20.1 Å². The van der Waals surface area contributed by atoms with Crippen LogP contribution < -0.4 is 20.1 Å². The lowest BCUT2D eigenvalue weighted by molar-refractivity contribution is 0.251. The van der Waals surface area contributed by atoms with Crippen LogP contribution in [0.25, 0.3) is 0 Å². The second-order valence-electron chi connectivity index (χ2n) is 6.16. The van der Waals surface area contributed by atoms with Crippen LogP contribution in [0, 0.1) is 0 Å². The zero-order valence-electron chi connectivity index (χ0n) is 14.3. The van der Waals surface area contributed by atoms with Crippen LogP contribution in [0.4, 0.5) is 10.5 Å². The summed E-state index contributed by atoms with van der Waals surface area (Å²) in [5.41, 5.74) is 1.78. The van der Waals surface area contributed by atoms with Gasteiger partial charge in [0.05, 0.1) is 19.9 Å². The first-order valence-corrected chi connectivity index (χ1v) is 8.47. The van der Waals surface area contributed by atoms with Gasteiger partial charge in [0.15, 0.2) is 0 Å². The number of benzene rings is 2. The van der Waals surface area contributed by atoms with Crippen molar-refractivity contribution in [3.05, 3.63) is 53.1 Å². The van der Waals surface area contributed by atoms with Gasteiger partial charge in [-0.2, -0.15) is 0 Å². The summed E-state index contributed by atoms with van der Waals surface area (Å²) in [5.74, 6) is 1.40. The zero-order chi connectivity index (χ0) is 17.9. The Morgan fingerprint density at radius 1 is 1.12 bits per heavy atom. The van der Waals surface area contributed by atoms with Crippen LogP contribution in [0.1, 0.15) is 18.4 Å². The van der Waals surface area contributed by atoms with Gasteiger partial charge in [-0.3, -0.25) is 0 Å². The van der Waals surface area contributed by atoms with E-state index in [1.165, 1.54) is 5.56 Å². The van der Waals surface area contributed by atoms with Gasteiger partial charge in [-0.25, -0.2) is 4.79 Å². The number of carbonyl (C=O) groups is 1. The quantitative estimate of drug-likeness (QED) is 0.811. The number of anilines is 1. The predicted octanol–water partition coefficient (Wildman–Crippen LogP) is 4.21. The fourth-order valence-corrected chi connectivity index (χ4v) is 3.03. The SMILES string of the molecule is COc1ccc(C2(CNC(=O)Nc3cc(Cl)ccc3OC)CC2)cc1. The molecule has 3 rings (SSSR count). The summed E-state index contributed by atoms with van der Waals surface area (Å²) in [5, 5.41) is 6.28. The lowest BCUT2D eigenvalue weighted by atomic mass is 9.96. The van der Waals surface area contributed by atoms with Gasteiger partial charge in [-0.1, -0.05) is 23.7 Å². The molecule has 0 aromatic heterocycles. The highest BCUT2D eigenvalue weighted by atomic mass is 35.5. The van der Waals surface area contributed by atoms with Crippen molar-refractivity contribution in [1.82, 2.24) is 5.32 Å². The number of rotatable bonds is 6. The molecule has 0 atom stereocenters. The van der Waals surface area contributed by atoms with Gasteiger partial charge in [0.25, 0.3) is 0 Å². The van der Waals surface area contributed by atoms with Gasteiger partial charge in [0, 0.05) is 17.0 Å². The topological polar surface area (TPSA) is 59.6 Å². The third-order valence-corrected chi connectivity index (χ3v) is 4.79. The average molecular weight is 361 g/mol. The molecule has 2 aromatic rings. The average Bonchev–Trinajstić information content (AvgIpc) is 3.41. The number of ether oxygens (including phenoxy) is 2. The monoisotopic (exact) mass is 360 g/mol. The molecule has 0 radical (unpaired) electrons. The summed E-state index contributed by atoms with van der Waals surface area (Å²) in [6.45, 7) is 0.577. The molecule has 1 aliphatic carbocycles. The fourth-order valence-electron chi connectivity index (χ4n) is 2.86. The van der Waals surface area contributed by atoms with Crippen LogP contribution >= 0.6 is 11.6 Å². The van der Waals surface area contributed by atoms with Gasteiger partial charge >= 0.3 is 6.03 Å². The van der Waals surface area contributed by atoms with Crippen molar-refractivity contribution in [1.29, 1.82) is 0 Å². The third-order valence-electron chi connectivity index (χ3n) is 4.55. The molecule has 0 heterocycles. The van der Waals surface area contributed by atoms with E-state index in [0.717, 1.165) is 18.6 Å². The minimum Gasteiger partial charge on any atom is -0.497 e.